The highest BCUT2D eigenvalue weighted by molar-refractivity contribution is 5.94. The second-order valence-corrected chi connectivity index (χ2v) is 5.75. The van der Waals surface area contributed by atoms with Crippen molar-refractivity contribution in [1.82, 2.24) is 10.2 Å². The van der Waals surface area contributed by atoms with Crippen LogP contribution < -0.4 is 10.1 Å². The van der Waals surface area contributed by atoms with Crippen LogP contribution in [0.15, 0.2) is 42.5 Å². The summed E-state index contributed by atoms with van der Waals surface area (Å²) in [5, 5.41) is 3.24. The fourth-order valence-corrected chi connectivity index (χ4v) is 2.65. The molecule has 0 aromatic heterocycles. The molecular weight excluding hydrogens is 314 g/mol. The predicted molar refractivity (Wildman–Crippen MR) is 86.2 cm³/mol. The van der Waals surface area contributed by atoms with Gasteiger partial charge in [-0.2, -0.15) is 0 Å². The summed E-state index contributed by atoms with van der Waals surface area (Å²) in [5.41, 5.74) is 0.571. The lowest BCUT2D eigenvalue weighted by Crippen LogP contribution is -2.52. The van der Waals surface area contributed by atoms with Gasteiger partial charge in [0.05, 0.1) is 0 Å². The second kappa shape index (κ2) is 6.97. The molecule has 0 saturated carbocycles. The van der Waals surface area contributed by atoms with E-state index in [1.54, 1.807) is 24.3 Å². The molecule has 24 heavy (non-hydrogen) atoms. The van der Waals surface area contributed by atoms with Gasteiger partial charge in [0.15, 0.2) is 11.6 Å². The van der Waals surface area contributed by atoms with Crippen molar-refractivity contribution in [3.63, 3.8) is 0 Å². The zero-order chi connectivity index (χ0) is 17.1. The zero-order valence-corrected chi connectivity index (χ0v) is 13.3. The van der Waals surface area contributed by atoms with Crippen molar-refractivity contribution in [2.45, 2.75) is 13.0 Å². The van der Waals surface area contributed by atoms with Crippen molar-refractivity contribution in [1.29, 1.82) is 0 Å². The first-order valence-electron chi connectivity index (χ1n) is 7.79. The minimum Gasteiger partial charge on any atom is -0.457 e. The first-order chi connectivity index (χ1) is 11.5. The molecule has 2 aromatic carbocycles. The van der Waals surface area contributed by atoms with E-state index in [4.69, 9.17) is 4.74 Å². The number of ether oxygens (including phenoxy) is 1. The Bertz CT molecular complexity index is 734. The van der Waals surface area contributed by atoms with Crippen molar-refractivity contribution in [2.75, 3.05) is 19.6 Å². The molecule has 1 N–H and O–H groups in total. The summed E-state index contributed by atoms with van der Waals surface area (Å²) in [6.07, 6.45) is 0. The number of hydrogen-bond acceptors (Lipinski definition) is 3. The van der Waals surface area contributed by atoms with Crippen LogP contribution in [0.3, 0.4) is 0 Å². The van der Waals surface area contributed by atoms with E-state index in [2.05, 4.69) is 5.32 Å². The maximum Gasteiger partial charge on any atom is 0.254 e. The van der Waals surface area contributed by atoms with E-state index >= 15 is 0 Å². The van der Waals surface area contributed by atoms with Crippen LogP contribution in [-0.4, -0.2) is 36.5 Å². The number of halogens is 2. The second-order valence-electron chi connectivity index (χ2n) is 5.75. The number of carbonyl (C=O) groups excluding carboxylic acids is 1. The molecule has 0 aliphatic carbocycles. The van der Waals surface area contributed by atoms with E-state index in [0.29, 0.717) is 17.9 Å². The third-order valence-electron chi connectivity index (χ3n) is 3.99. The molecule has 1 amide bonds. The Kier molecular flexibility index (Phi) is 4.76. The van der Waals surface area contributed by atoms with Gasteiger partial charge < -0.3 is 15.0 Å². The molecule has 1 saturated heterocycles. The van der Waals surface area contributed by atoms with Crippen LogP contribution in [0, 0.1) is 11.6 Å². The van der Waals surface area contributed by atoms with Gasteiger partial charge >= 0.3 is 0 Å². The molecule has 1 fully saturated rings. The molecule has 0 unspecified atom stereocenters. The summed E-state index contributed by atoms with van der Waals surface area (Å²) in [6, 6.07) is 10.1. The van der Waals surface area contributed by atoms with Crippen LogP contribution in [0.1, 0.15) is 17.3 Å². The maximum atomic E-state index is 13.2. The van der Waals surface area contributed by atoms with Crippen LogP contribution in [0.5, 0.6) is 11.5 Å². The number of benzene rings is 2. The molecule has 0 radical (unpaired) electrons. The van der Waals surface area contributed by atoms with Gasteiger partial charge in [-0.3, -0.25) is 4.79 Å². The number of nitrogens with zero attached hydrogens (tertiary/aromatic N) is 1. The fraction of sp³-hybridized carbons (Fsp3) is 0.278. The lowest BCUT2D eigenvalue weighted by atomic mass is 10.1. The average Bonchev–Trinajstić information content (AvgIpc) is 2.59. The molecule has 4 nitrogen and oxygen atoms in total. The van der Waals surface area contributed by atoms with E-state index in [1.807, 2.05) is 11.8 Å². The first-order valence-corrected chi connectivity index (χ1v) is 7.79. The van der Waals surface area contributed by atoms with E-state index in [1.165, 1.54) is 6.07 Å². The summed E-state index contributed by atoms with van der Waals surface area (Å²) >= 11 is 0. The normalized spacial score (nSPS) is 17.6. The molecule has 0 spiro atoms. The number of piperazine rings is 1. The first kappa shape index (κ1) is 16.4. The molecule has 126 valence electrons. The summed E-state index contributed by atoms with van der Waals surface area (Å²) in [7, 11) is 0. The number of nitrogens with one attached hydrogen (secondary N) is 1. The highest BCUT2D eigenvalue weighted by Gasteiger charge is 2.23. The SMILES string of the molecule is C[C@H]1CNCCN1C(=O)c1ccc(Oc2ccc(F)c(F)c2)cc1. The summed E-state index contributed by atoms with van der Waals surface area (Å²) in [6.45, 7) is 4.24. The molecule has 0 bridgehead atoms. The van der Waals surface area contributed by atoms with Crippen molar-refractivity contribution in [2.24, 2.45) is 0 Å². The molecule has 1 aliphatic rings. The van der Waals surface area contributed by atoms with Crippen LogP contribution in [0.25, 0.3) is 0 Å². The maximum absolute atomic E-state index is 13.2. The van der Waals surface area contributed by atoms with Gasteiger partial charge in [-0.05, 0) is 43.3 Å². The van der Waals surface area contributed by atoms with E-state index in [0.717, 1.165) is 25.2 Å². The van der Waals surface area contributed by atoms with Crippen molar-refractivity contribution < 1.29 is 18.3 Å². The van der Waals surface area contributed by atoms with Crippen LogP contribution in [0.2, 0.25) is 0 Å². The minimum absolute atomic E-state index is 0.0247. The lowest BCUT2D eigenvalue weighted by Gasteiger charge is -2.34. The molecule has 1 aliphatic heterocycles. The molecule has 2 aromatic rings. The molecule has 1 atom stereocenters. The third kappa shape index (κ3) is 3.54. The summed E-state index contributed by atoms with van der Waals surface area (Å²) in [4.78, 5) is 14.4. The molecular formula is C18H18F2N2O2. The number of hydrogen-bond donors (Lipinski definition) is 1. The van der Waals surface area contributed by atoms with Gasteiger partial charge in [-0.1, -0.05) is 0 Å². The number of rotatable bonds is 3. The smallest absolute Gasteiger partial charge is 0.254 e. The Balaban J connectivity index is 1.70. The Morgan fingerprint density at radius 2 is 1.83 bits per heavy atom. The topological polar surface area (TPSA) is 41.6 Å². The average molecular weight is 332 g/mol. The lowest BCUT2D eigenvalue weighted by molar-refractivity contribution is 0.0656. The summed E-state index contributed by atoms with van der Waals surface area (Å²) < 4.78 is 31.6. The van der Waals surface area contributed by atoms with Gasteiger partial charge in [0.1, 0.15) is 11.5 Å². The minimum atomic E-state index is -0.966. The monoisotopic (exact) mass is 332 g/mol. The van der Waals surface area contributed by atoms with Gasteiger partial charge in [0.25, 0.3) is 5.91 Å². The molecule has 1 heterocycles. The highest BCUT2D eigenvalue weighted by atomic mass is 19.2. The highest BCUT2D eigenvalue weighted by Crippen LogP contribution is 2.24. The Hall–Kier alpha value is -2.47. The predicted octanol–water partition coefficient (Wildman–Crippen LogP) is 3.19. The third-order valence-corrected chi connectivity index (χ3v) is 3.99. The van der Waals surface area contributed by atoms with Gasteiger partial charge in [-0.15, -0.1) is 0 Å². The van der Waals surface area contributed by atoms with Crippen LogP contribution >= 0.6 is 0 Å². The number of carbonyl (C=O) groups is 1. The van der Waals surface area contributed by atoms with E-state index in [-0.39, 0.29) is 17.7 Å². The standard InChI is InChI=1S/C18H18F2N2O2/c1-12-11-21-8-9-22(12)18(23)13-2-4-14(5-3-13)24-15-6-7-16(19)17(20)10-15/h2-7,10,12,21H,8-9,11H2,1H3/t12-/m0/s1. The van der Waals surface area contributed by atoms with E-state index < -0.39 is 11.6 Å². The van der Waals surface area contributed by atoms with Gasteiger partial charge in [0, 0.05) is 37.3 Å². The van der Waals surface area contributed by atoms with Crippen molar-refractivity contribution in [3.05, 3.63) is 59.7 Å². The molecule has 3 rings (SSSR count). The Morgan fingerprint density at radius 3 is 2.50 bits per heavy atom. The van der Waals surface area contributed by atoms with Crippen LogP contribution in [0.4, 0.5) is 8.78 Å². The van der Waals surface area contributed by atoms with Crippen molar-refractivity contribution >= 4 is 5.91 Å². The summed E-state index contributed by atoms with van der Waals surface area (Å²) in [5.74, 6) is -1.27. The van der Waals surface area contributed by atoms with Crippen LogP contribution in [-0.2, 0) is 0 Å². The fourth-order valence-electron chi connectivity index (χ4n) is 2.65. The Labute approximate surface area is 139 Å². The number of amides is 1. The van der Waals surface area contributed by atoms with E-state index in [9.17, 15) is 13.6 Å². The van der Waals surface area contributed by atoms with Gasteiger partial charge in [0.2, 0.25) is 0 Å². The van der Waals surface area contributed by atoms with Crippen molar-refractivity contribution in [3.8, 4) is 11.5 Å². The largest absolute Gasteiger partial charge is 0.457 e. The quantitative estimate of drug-likeness (QED) is 0.938. The Morgan fingerprint density at radius 1 is 1.12 bits per heavy atom. The van der Waals surface area contributed by atoms with Gasteiger partial charge in [-0.25, -0.2) is 8.78 Å². The molecule has 6 heteroatoms. The zero-order valence-electron chi connectivity index (χ0n) is 13.3.